The number of likely N-dealkylation sites (tertiary alicyclic amines) is 2. The third-order valence-electron chi connectivity index (χ3n) is 6.10. The Labute approximate surface area is 156 Å². The number of pyridine rings is 1. The zero-order valence-corrected chi connectivity index (χ0v) is 15.4. The van der Waals surface area contributed by atoms with Crippen molar-refractivity contribution >= 4 is 23.4 Å². The fourth-order valence-electron chi connectivity index (χ4n) is 4.45. The number of nitrogens with zero attached hydrogens (tertiary/aromatic N) is 4. The minimum atomic E-state index is -0.941. The van der Waals surface area contributed by atoms with Gasteiger partial charge in [-0.2, -0.15) is 0 Å². The number of carboxylic acid groups (broad SMARTS) is 1. The van der Waals surface area contributed by atoms with Crippen LogP contribution in [0.3, 0.4) is 0 Å². The van der Waals surface area contributed by atoms with Gasteiger partial charge in [-0.15, -0.1) is 0 Å². The maximum absolute atomic E-state index is 12.9. The van der Waals surface area contributed by atoms with Crippen molar-refractivity contribution in [1.82, 2.24) is 19.2 Å². The standard InChI is InChI=1S/C19H22N4O4/c1-12-3-4-15-20-14(11-23(15)10-12)17(25)22-7-5-19(6-8-22)13(18(26)27)9-16(24)21(19)2/h3-4,10-11,13H,5-9H2,1-2H3,(H,26,27). The minimum Gasteiger partial charge on any atom is -0.481 e. The van der Waals surface area contributed by atoms with Crippen molar-refractivity contribution < 1.29 is 19.5 Å². The van der Waals surface area contributed by atoms with Crippen molar-refractivity contribution in [1.29, 1.82) is 0 Å². The van der Waals surface area contributed by atoms with Crippen molar-refractivity contribution in [3.63, 3.8) is 0 Å². The molecule has 2 fully saturated rings. The van der Waals surface area contributed by atoms with Crippen LogP contribution < -0.4 is 0 Å². The highest BCUT2D eigenvalue weighted by atomic mass is 16.4. The number of aryl methyl sites for hydroxylation is 1. The summed E-state index contributed by atoms with van der Waals surface area (Å²) in [5.41, 5.74) is 1.47. The highest BCUT2D eigenvalue weighted by Crippen LogP contribution is 2.42. The van der Waals surface area contributed by atoms with Gasteiger partial charge in [-0.05, 0) is 31.4 Å². The SMILES string of the molecule is Cc1ccc2nc(C(=O)N3CCC4(CC3)C(C(=O)O)CC(=O)N4C)cn2c1. The van der Waals surface area contributed by atoms with E-state index in [0.29, 0.717) is 37.3 Å². The van der Waals surface area contributed by atoms with E-state index >= 15 is 0 Å². The van der Waals surface area contributed by atoms with E-state index in [-0.39, 0.29) is 18.2 Å². The maximum atomic E-state index is 12.9. The molecule has 4 rings (SSSR count). The average molecular weight is 370 g/mol. The number of aliphatic carboxylic acids is 1. The molecule has 2 aliphatic heterocycles. The van der Waals surface area contributed by atoms with Crippen LogP contribution in [0.4, 0.5) is 0 Å². The molecule has 4 heterocycles. The van der Waals surface area contributed by atoms with Crippen LogP contribution in [0.1, 0.15) is 35.3 Å². The zero-order valence-electron chi connectivity index (χ0n) is 15.4. The molecule has 2 saturated heterocycles. The van der Waals surface area contributed by atoms with Crippen LogP contribution in [0, 0.1) is 12.8 Å². The molecule has 8 heteroatoms. The average Bonchev–Trinajstić information content (AvgIpc) is 3.16. The second-order valence-corrected chi connectivity index (χ2v) is 7.54. The molecule has 1 atom stereocenters. The van der Waals surface area contributed by atoms with E-state index < -0.39 is 17.4 Å². The number of fused-ring (bicyclic) bond motifs is 1. The molecule has 1 N–H and O–H groups in total. The molecule has 2 aromatic rings. The quantitative estimate of drug-likeness (QED) is 0.857. The smallest absolute Gasteiger partial charge is 0.309 e. The van der Waals surface area contributed by atoms with E-state index in [1.165, 1.54) is 0 Å². The summed E-state index contributed by atoms with van der Waals surface area (Å²) in [7, 11) is 1.67. The maximum Gasteiger partial charge on any atom is 0.309 e. The lowest BCUT2D eigenvalue weighted by Gasteiger charge is -2.45. The van der Waals surface area contributed by atoms with Gasteiger partial charge in [0, 0.05) is 39.0 Å². The number of hydrogen-bond acceptors (Lipinski definition) is 4. The lowest BCUT2D eigenvalue weighted by Crippen LogP contribution is -2.57. The van der Waals surface area contributed by atoms with Gasteiger partial charge in [-0.1, -0.05) is 6.07 Å². The number of rotatable bonds is 2. The number of piperidine rings is 1. The van der Waals surface area contributed by atoms with Crippen LogP contribution in [0.2, 0.25) is 0 Å². The molecule has 0 aromatic carbocycles. The Morgan fingerprint density at radius 2 is 1.93 bits per heavy atom. The van der Waals surface area contributed by atoms with Crippen molar-refractivity contribution in [2.45, 2.75) is 31.7 Å². The van der Waals surface area contributed by atoms with Crippen LogP contribution in [0.25, 0.3) is 5.65 Å². The molecule has 2 amide bonds. The number of imidazole rings is 1. The van der Waals surface area contributed by atoms with Crippen LogP contribution in [-0.2, 0) is 9.59 Å². The summed E-state index contributed by atoms with van der Waals surface area (Å²) in [6.45, 7) is 2.80. The predicted molar refractivity (Wildman–Crippen MR) is 96.3 cm³/mol. The summed E-state index contributed by atoms with van der Waals surface area (Å²) in [5, 5.41) is 9.55. The van der Waals surface area contributed by atoms with Gasteiger partial charge in [0.25, 0.3) is 5.91 Å². The number of carbonyl (C=O) groups is 3. The largest absolute Gasteiger partial charge is 0.481 e. The first-order valence-corrected chi connectivity index (χ1v) is 9.06. The van der Waals surface area contributed by atoms with E-state index in [1.807, 2.05) is 29.7 Å². The lowest BCUT2D eigenvalue weighted by molar-refractivity contribution is -0.145. The topological polar surface area (TPSA) is 95.2 Å². The molecular weight excluding hydrogens is 348 g/mol. The first-order valence-electron chi connectivity index (χ1n) is 9.06. The molecule has 1 unspecified atom stereocenters. The molecule has 8 nitrogen and oxygen atoms in total. The number of carbonyl (C=O) groups excluding carboxylic acids is 2. The Bertz CT molecular complexity index is 942. The molecule has 0 radical (unpaired) electrons. The predicted octanol–water partition coefficient (Wildman–Crippen LogP) is 1.18. The Morgan fingerprint density at radius 1 is 1.22 bits per heavy atom. The summed E-state index contributed by atoms with van der Waals surface area (Å²) < 4.78 is 1.83. The molecule has 0 bridgehead atoms. The van der Waals surface area contributed by atoms with Crippen molar-refractivity contribution in [3.8, 4) is 0 Å². The monoisotopic (exact) mass is 370 g/mol. The van der Waals surface area contributed by atoms with Gasteiger partial charge in [0.15, 0.2) is 0 Å². The van der Waals surface area contributed by atoms with E-state index in [0.717, 1.165) is 5.56 Å². The Balaban J connectivity index is 1.53. The van der Waals surface area contributed by atoms with Gasteiger partial charge in [0.2, 0.25) is 5.91 Å². The fraction of sp³-hybridized carbons (Fsp3) is 0.474. The highest BCUT2D eigenvalue weighted by molar-refractivity contribution is 5.93. The Morgan fingerprint density at radius 3 is 2.59 bits per heavy atom. The van der Waals surface area contributed by atoms with Crippen molar-refractivity contribution in [2.75, 3.05) is 20.1 Å². The van der Waals surface area contributed by atoms with Crippen LogP contribution in [0.5, 0.6) is 0 Å². The summed E-state index contributed by atoms with van der Waals surface area (Å²) in [4.78, 5) is 44.3. The van der Waals surface area contributed by atoms with Crippen LogP contribution in [-0.4, -0.2) is 67.8 Å². The minimum absolute atomic E-state index is 0.0333. The molecule has 27 heavy (non-hydrogen) atoms. The van der Waals surface area contributed by atoms with Gasteiger partial charge >= 0.3 is 5.97 Å². The zero-order chi connectivity index (χ0) is 19.3. The normalized spacial score (nSPS) is 22.0. The van der Waals surface area contributed by atoms with Gasteiger partial charge in [0.05, 0.1) is 11.5 Å². The first kappa shape index (κ1) is 17.5. The Kier molecular flexibility index (Phi) is 3.94. The molecule has 2 aliphatic rings. The fourth-order valence-corrected chi connectivity index (χ4v) is 4.45. The van der Waals surface area contributed by atoms with E-state index in [4.69, 9.17) is 0 Å². The second kappa shape index (κ2) is 6.07. The summed E-state index contributed by atoms with van der Waals surface area (Å²) in [6, 6.07) is 3.81. The lowest BCUT2D eigenvalue weighted by atomic mass is 9.77. The third-order valence-corrected chi connectivity index (χ3v) is 6.10. The summed E-state index contributed by atoms with van der Waals surface area (Å²) in [5.74, 6) is -1.96. The second-order valence-electron chi connectivity index (χ2n) is 7.54. The molecule has 0 aliphatic carbocycles. The van der Waals surface area contributed by atoms with Gasteiger partial charge in [0.1, 0.15) is 11.3 Å². The number of carboxylic acids is 1. The van der Waals surface area contributed by atoms with Gasteiger partial charge in [-0.3, -0.25) is 14.4 Å². The summed E-state index contributed by atoms with van der Waals surface area (Å²) in [6.07, 6.45) is 4.60. The molecule has 0 saturated carbocycles. The van der Waals surface area contributed by atoms with E-state index in [2.05, 4.69) is 4.98 Å². The van der Waals surface area contributed by atoms with E-state index in [9.17, 15) is 19.5 Å². The number of aromatic nitrogens is 2. The van der Waals surface area contributed by atoms with Gasteiger partial charge in [-0.25, -0.2) is 4.98 Å². The van der Waals surface area contributed by atoms with Crippen LogP contribution >= 0.6 is 0 Å². The van der Waals surface area contributed by atoms with Gasteiger partial charge < -0.3 is 19.3 Å². The first-order chi connectivity index (χ1) is 12.8. The third kappa shape index (κ3) is 2.67. The molecule has 142 valence electrons. The van der Waals surface area contributed by atoms with Crippen LogP contribution in [0.15, 0.2) is 24.5 Å². The van der Waals surface area contributed by atoms with Crippen molar-refractivity contribution in [3.05, 3.63) is 35.8 Å². The Hall–Kier alpha value is -2.90. The number of hydrogen-bond donors (Lipinski definition) is 1. The molecular formula is C19H22N4O4. The molecule has 2 aromatic heterocycles. The van der Waals surface area contributed by atoms with Crippen molar-refractivity contribution in [2.24, 2.45) is 5.92 Å². The van der Waals surface area contributed by atoms with E-state index in [1.54, 1.807) is 23.0 Å². The number of amides is 2. The highest BCUT2D eigenvalue weighted by Gasteiger charge is 2.55. The molecule has 1 spiro atoms. The summed E-state index contributed by atoms with van der Waals surface area (Å²) >= 11 is 0.